The van der Waals surface area contributed by atoms with Crippen molar-refractivity contribution in [1.82, 2.24) is 15.3 Å². The van der Waals surface area contributed by atoms with Crippen molar-refractivity contribution in [2.75, 3.05) is 13.6 Å². The molecule has 2 N–H and O–H groups in total. The Morgan fingerprint density at radius 1 is 1.33 bits per heavy atom. The maximum Gasteiger partial charge on any atom is 0.254 e. The van der Waals surface area contributed by atoms with Gasteiger partial charge in [0.1, 0.15) is 5.82 Å². The molecule has 0 radical (unpaired) electrons. The third kappa shape index (κ3) is 2.97. The van der Waals surface area contributed by atoms with Gasteiger partial charge < -0.3 is 10.3 Å². The third-order valence-corrected chi connectivity index (χ3v) is 2.89. The number of benzene rings is 1. The molecular weight excluding hydrogens is 250 g/mol. The molecular formula is C13H14ClN3O. The van der Waals surface area contributed by atoms with E-state index in [2.05, 4.69) is 15.3 Å². The lowest BCUT2D eigenvalue weighted by Gasteiger charge is -2.03. The van der Waals surface area contributed by atoms with Crippen molar-refractivity contribution in [3.8, 4) is 11.4 Å². The zero-order valence-electron chi connectivity index (χ0n) is 10.0. The van der Waals surface area contributed by atoms with Crippen molar-refractivity contribution in [3.05, 3.63) is 51.4 Å². The van der Waals surface area contributed by atoms with Crippen molar-refractivity contribution < 1.29 is 0 Å². The minimum absolute atomic E-state index is 0.0924. The smallest absolute Gasteiger partial charge is 0.254 e. The van der Waals surface area contributed by atoms with Gasteiger partial charge in [-0.1, -0.05) is 11.6 Å². The average Bonchev–Trinajstić information content (AvgIpc) is 2.38. The Morgan fingerprint density at radius 2 is 2.06 bits per heavy atom. The van der Waals surface area contributed by atoms with Gasteiger partial charge in [0.15, 0.2) is 0 Å². The van der Waals surface area contributed by atoms with Gasteiger partial charge in [0.25, 0.3) is 5.56 Å². The minimum atomic E-state index is -0.0924. The Balaban J connectivity index is 2.28. The summed E-state index contributed by atoms with van der Waals surface area (Å²) in [5.41, 5.74) is 1.43. The van der Waals surface area contributed by atoms with Crippen LogP contribution in [0.25, 0.3) is 11.4 Å². The molecule has 0 atom stereocenters. The van der Waals surface area contributed by atoms with Crippen molar-refractivity contribution in [2.45, 2.75) is 6.42 Å². The van der Waals surface area contributed by atoms with Gasteiger partial charge in [0, 0.05) is 22.3 Å². The van der Waals surface area contributed by atoms with Gasteiger partial charge in [-0.05, 0) is 44.3 Å². The molecule has 2 rings (SSSR count). The zero-order valence-corrected chi connectivity index (χ0v) is 10.8. The number of rotatable bonds is 4. The topological polar surface area (TPSA) is 57.8 Å². The summed E-state index contributed by atoms with van der Waals surface area (Å²) in [4.78, 5) is 18.9. The molecule has 0 spiro atoms. The number of H-pyrrole nitrogens is 1. The molecule has 0 amide bonds. The van der Waals surface area contributed by atoms with E-state index in [1.165, 1.54) is 0 Å². The minimum Gasteiger partial charge on any atom is -0.319 e. The molecule has 0 saturated carbocycles. The normalized spacial score (nSPS) is 10.6. The van der Waals surface area contributed by atoms with E-state index in [1.807, 2.05) is 19.2 Å². The fraction of sp³-hybridized carbons (Fsp3) is 0.231. The SMILES string of the molecule is CNCCc1cnc(-c2ccc(Cl)cc2)[nH]c1=O. The summed E-state index contributed by atoms with van der Waals surface area (Å²) in [6.07, 6.45) is 2.29. The number of aromatic nitrogens is 2. The molecule has 1 aromatic carbocycles. The molecule has 1 heterocycles. The molecule has 0 bridgehead atoms. The Bertz CT molecular complexity index is 578. The highest BCUT2D eigenvalue weighted by Gasteiger charge is 2.04. The van der Waals surface area contributed by atoms with Crippen LogP contribution < -0.4 is 10.9 Å². The van der Waals surface area contributed by atoms with Gasteiger partial charge in [0.2, 0.25) is 0 Å². The van der Waals surface area contributed by atoms with E-state index in [4.69, 9.17) is 11.6 Å². The van der Waals surface area contributed by atoms with Gasteiger partial charge in [-0.2, -0.15) is 0 Å². The molecule has 0 aliphatic rings. The average molecular weight is 264 g/mol. The lowest BCUT2D eigenvalue weighted by molar-refractivity contribution is 0.781. The summed E-state index contributed by atoms with van der Waals surface area (Å²) in [5, 5.41) is 3.66. The highest BCUT2D eigenvalue weighted by molar-refractivity contribution is 6.30. The van der Waals surface area contributed by atoms with Crippen LogP contribution in [-0.4, -0.2) is 23.6 Å². The summed E-state index contributed by atoms with van der Waals surface area (Å²) >= 11 is 5.81. The first kappa shape index (κ1) is 12.8. The van der Waals surface area contributed by atoms with Crippen LogP contribution in [0.2, 0.25) is 5.02 Å². The van der Waals surface area contributed by atoms with E-state index in [0.29, 0.717) is 22.8 Å². The van der Waals surface area contributed by atoms with Crippen LogP contribution in [0.4, 0.5) is 0 Å². The third-order valence-electron chi connectivity index (χ3n) is 2.64. The molecule has 0 aliphatic carbocycles. The lowest BCUT2D eigenvalue weighted by atomic mass is 10.2. The first-order valence-corrected chi connectivity index (χ1v) is 6.07. The monoisotopic (exact) mass is 263 g/mol. The fourth-order valence-corrected chi connectivity index (χ4v) is 1.74. The van der Waals surface area contributed by atoms with Gasteiger partial charge in [0.05, 0.1) is 0 Å². The van der Waals surface area contributed by atoms with Crippen LogP contribution in [-0.2, 0) is 6.42 Å². The summed E-state index contributed by atoms with van der Waals surface area (Å²) in [7, 11) is 1.85. The Morgan fingerprint density at radius 3 is 2.67 bits per heavy atom. The maximum atomic E-state index is 11.8. The molecule has 0 aliphatic heterocycles. The summed E-state index contributed by atoms with van der Waals surface area (Å²) in [6, 6.07) is 7.19. The van der Waals surface area contributed by atoms with Gasteiger partial charge in [-0.3, -0.25) is 4.79 Å². The van der Waals surface area contributed by atoms with E-state index in [9.17, 15) is 4.79 Å². The van der Waals surface area contributed by atoms with Crippen LogP contribution in [0.3, 0.4) is 0 Å². The van der Waals surface area contributed by atoms with Gasteiger partial charge >= 0.3 is 0 Å². The largest absolute Gasteiger partial charge is 0.319 e. The number of nitrogens with one attached hydrogen (secondary N) is 2. The van der Waals surface area contributed by atoms with Crippen LogP contribution in [0.15, 0.2) is 35.3 Å². The molecule has 1 aromatic heterocycles. The molecule has 94 valence electrons. The van der Waals surface area contributed by atoms with Crippen LogP contribution in [0.1, 0.15) is 5.56 Å². The predicted molar refractivity (Wildman–Crippen MR) is 72.9 cm³/mol. The van der Waals surface area contributed by atoms with Crippen molar-refractivity contribution >= 4 is 11.6 Å². The summed E-state index contributed by atoms with van der Waals surface area (Å²) in [6.45, 7) is 0.755. The number of likely N-dealkylation sites (N-methyl/N-ethyl adjacent to an activating group) is 1. The van der Waals surface area contributed by atoms with E-state index in [-0.39, 0.29) is 5.56 Å². The second-order valence-electron chi connectivity index (χ2n) is 3.95. The van der Waals surface area contributed by atoms with E-state index < -0.39 is 0 Å². The number of hydrogen-bond acceptors (Lipinski definition) is 3. The lowest BCUT2D eigenvalue weighted by Crippen LogP contribution is -2.19. The highest BCUT2D eigenvalue weighted by Crippen LogP contribution is 2.16. The Labute approximate surface area is 110 Å². The fourth-order valence-electron chi connectivity index (χ4n) is 1.61. The predicted octanol–water partition coefficient (Wildman–Crippen LogP) is 1.85. The molecule has 4 nitrogen and oxygen atoms in total. The summed E-state index contributed by atoms with van der Waals surface area (Å²) in [5.74, 6) is 0.560. The molecule has 18 heavy (non-hydrogen) atoms. The van der Waals surface area contributed by atoms with Crippen molar-refractivity contribution in [2.24, 2.45) is 0 Å². The quantitative estimate of drug-likeness (QED) is 0.885. The number of nitrogens with zero attached hydrogens (tertiary/aromatic N) is 1. The standard InChI is InChI=1S/C13H14ClN3O/c1-15-7-6-10-8-16-12(17-13(10)18)9-2-4-11(14)5-3-9/h2-5,8,15H,6-7H2,1H3,(H,16,17,18). The number of halogens is 1. The molecule has 2 aromatic rings. The summed E-state index contributed by atoms with van der Waals surface area (Å²) < 4.78 is 0. The van der Waals surface area contributed by atoms with Gasteiger partial charge in [-0.15, -0.1) is 0 Å². The second kappa shape index (κ2) is 5.80. The highest BCUT2D eigenvalue weighted by atomic mass is 35.5. The molecule has 0 saturated heterocycles. The molecule has 5 heteroatoms. The number of hydrogen-bond donors (Lipinski definition) is 2. The first-order valence-electron chi connectivity index (χ1n) is 5.69. The van der Waals surface area contributed by atoms with Crippen LogP contribution >= 0.6 is 11.6 Å². The van der Waals surface area contributed by atoms with E-state index >= 15 is 0 Å². The number of aromatic amines is 1. The van der Waals surface area contributed by atoms with E-state index in [0.717, 1.165) is 12.1 Å². The van der Waals surface area contributed by atoms with Crippen LogP contribution in [0.5, 0.6) is 0 Å². The second-order valence-corrected chi connectivity index (χ2v) is 4.38. The Kier molecular flexibility index (Phi) is 4.12. The molecule has 0 unspecified atom stereocenters. The Hall–Kier alpha value is -1.65. The van der Waals surface area contributed by atoms with Gasteiger partial charge in [-0.25, -0.2) is 4.98 Å². The molecule has 0 fully saturated rings. The first-order chi connectivity index (χ1) is 8.70. The zero-order chi connectivity index (χ0) is 13.0. The van der Waals surface area contributed by atoms with Crippen molar-refractivity contribution in [1.29, 1.82) is 0 Å². The van der Waals surface area contributed by atoms with Crippen LogP contribution in [0, 0.1) is 0 Å². The maximum absolute atomic E-state index is 11.8. The van der Waals surface area contributed by atoms with Crippen molar-refractivity contribution in [3.63, 3.8) is 0 Å². The van der Waals surface area contributed by atoms with E-state index in [1.54, 1.807) is 18.3 Å².